The van der Waals surface area contributed by atoms with Crippen LogP contribution < -0.4 is 16.0 Å². The first-order valence-corrected chi connectivity index (χ1v) is 6.20. The topological polar surface area (TPSA) is 41.3 Å². The Morgan fingerprint density at radius 2 is 1.94 bits per heavy atom. The molecule has 1 aromatic carbocycles. The molecule has 3 nitrogen and oxygen atoms in total. The van der Waals surface area contributed by atoms with Crippen molar-refractivity contribution in [3.05, 3.63) is 24.3 Å². The van der Waals surface area contributed by atoms with Crippen LogP contribution in [0, 0.1) is 0 Å². The third-order valence-electron chi connectivity index (χ3n) is 3.05. The largest absolute Gasteiger partial charge is 0.383 e. The molecule has 0 aliphatic carbocycles. The fourth-order valence-corrected chi connectivity index (χ4v) is 2.18. The van der Waals surface area contributed by atoms with Gasteiger partial charge >= 0.3 is 0 Å². The molecule has 2 rings (SSSR count). The van der Waals surface area contributed by atoms with Gasteiger partial charge in [0.05, 0.1) is 11.4 Å². The predicted molar refractivity (Wildman–Crippen MR) is 70.1 cm³/mol. The van der Waals surface area contributed by atoms with Gasteiger partial charge in [0.25, 0.3) is 0 Å². The number of benzene rings is 1. The molecule has 16 heavy (non-hydrogen) atoms. The smallest absolute Gasteiger partial charge is 0.0602 e. The van der Waals surface area contributed by atoms with Crippen molar-refractivity contribution in [1.29, 1.82) is 0 Å². The molecule has 1 aromatic rings. The molecular formula is C13H21N3. The van der Waals surface area contributed by atoms with Gasteiger partial charge in [0, 0.05) is 19.6 Å². The molecule has 0 spiro atoms. The van der Waals surface area contributed by atoms with Crippen molar-refractivity contribution in [1.82, 2.24) is 0 Å². The summed E-state index contributed by atoms with van der Waals surface area (Å²) < 4.78 is 0. The SMILES string of the molecule is NCCCNc1ccccc1N1CCCC1. The van der Waals surface area contributed by atoms with Gasteiger partial charge in [0.2, 0.25) is 0 Å². The molecule has 1 aliphatic rings. The molecule has 0 saturated carbocycles. The Bertz CT molecular complexity index is 319. The van der Waals surface area contributed by atoms with E-state index in [2.05, 4.69) is 34.5 Å². The Morgan fingerprint density at radius 3 is 2.69 bits per heavy atom. The highest BCUT2D eigenvalue weighted by molar-refractivity contribution is 5.70. The van der Waals surface area contributed by atoms with Crippen molar-refractivity contribution in [3.63, 3.8) is 0 Å². The van der Waals surface area contributed by atoms with Crippen molar-refractivity contribution in [3.8, 4) is 0 Å². The van der Waals surface area contributed by atoms with Crippen LogP contribution in [-0.2, 0) is 0 Å². The first kappa shape index (κ1) is 11.3. The van der Waals surface area contributed by atoms with E-state index >= 15 is 0 Å². The summed E-state index contributed by atoms with van der Waals surface area (Å²) >= 11 is 0. The van der Waals surface area contributed by atoms with Gasteiger partial charge in [-0.2, -0.15) is 0 Å². The molecule has 1 saturated heterocycles. The number of para-hydroxylation sites is 2. The van der Waals surface area contributed by atoms with E-state index in [9.17, 15) is 0 Å². The summed E-state index contributed by atoms with van der Waals surface area (Å²) in [4.78, 5) is 2.46. The Hall–Kier alpha value is -1.22. The van der Waals surface area contributed by atoms with E-state index in [-0.39, 0.29) is 0 Å². The van der Waals surface area contributed by atoms with Crippen molar-refractivity contribution >= 4 is 11.4 Å². The number of rotatable bonds is 5. The van der Waals surface area contributed by atoms with Gasteiger partial charge in [-0.25, -0.2) is 0 Å². The van der Waals surface area contributed by atoms with E-state index in [0.717, 1.165) is 19.5 Å². The summed E-state index contributed by atoms with van der Waals surface area (Å²) in [6.07, 6.45) is 3.66. The Kier molecular flexibility index (Phi) is 4.05. The predicted octanol–water partition coefficient (Wildman–Crippen LogP) is 2.05. The number of hydrogen-bond donors (Lipinski definition) is 2. The van der Waals surface area contributed by atoms with Crippen molar-refractivity contribution in [2.45, 2.75) is 19.3 Å². The average molecular weight is 219 g/mol. The van der Waals surface area contributed by atoms with E-state index in [1.807, 2.05) is 0 Å². The summed E-state index contributed by atoms with van der Waals surface area (Å²) in [6.45, 7) is 4.09. The van der Waals surface area contributed by atoms with Gasteiger partial charge < -0.3 is 16.0 Å². The van der Waals surface area contributed by atoms with Crippen molar-refractivity contribution in [2.24, 2.45) is 5.73 Å². The maximum atomic E-state index is 5.50. The lowest BCUT2D eigenvalue weighted by Crippen LogP contribution is -2.19. The number of nitrogens with zero attached hydrogens (tertiary/aromatic N) is 1. The first-order valence-electron chi connectivity index (χ1n) is 6.20. The van der Waals surface area contributed by atoms with Crippen LogP contribution in [0.1, 0.15) is 19.3 Å². The molecule has 1 aliphatic heterocycles. The van der Waals surface area contributed by atoms with Gasteiger partial charge in [-0.1, -0.05) is 12.1 Å². The molecule has 0 unspecified atom stereocenters. The van der Waals surface area contributed by atoms with Gasteiger partial charge in [-0.3, -0.25) is 0 Å². The molecule has 3 heteroatoms. The number of nitrogens with one attached hydrogen (secondary N) is 1. The molecule has 3 N–H and O–H groups in total. The second-order valence-corrected chi connectivity index (χ2v) is 4.28. The standard InChI is InChI=1S/C13H21N3/c14-8-5-9-15-12-6-1-2-7-13(12)16-10-3-4-11-16/h1-2,6-7,15H,3-5,8-11,14H2. The summed E-state index contributed by atoms with van der Waals surface area (Å²) in [7, 11) is 0. The summed E-state index contributed by atoms with van der Waals surface area (Å²) in [5.74, 6) is 0. The lowest BCUT2D eigenvalue weighted by molar-refractivity contribution is 0.872. The number of hydrogen-bond acceptors (Lipinski definition) is 3. The fraction of sp³-hybridized carbons (Fsp3) is 0.538. The highest BCUT2D eigenvalue weighted by atomic mass is 15.2. The lowest BCUT2D eigenvalue weighted by Gasteiger charge is -2.21. The van der Waals surface area contributed by atoms with Crippen LogP contribution >= 0.6 is 0 Å². The molecule has 88 valence electrons. The van der Waals surface area contributed by atoms with E-state index < -0.39 is 0 Å². The van der Waals surface area contributed by atoms with E-state index in [0.29, 0.717) is 0 Å². The van der Waals surface area contributed by atoms with Crippen molar-refractivity contribution < 1.29 is 0 Å². The normalized spacial score (nSPS) is 15.4. The summed E-state index contributed by atoms with van der Waals surface area (Å²) in [5, 5.41) is 3.47. The molecule has 1 fully saturated rings. The zero-order valence-electron chi connectivity index (χ0n) is 9.78. The minimum absolute atomic E-state index is 0.749. The van der Waals surface area contributed by atoms with E-state index in [4.69, 9.17) is 5.73 Å². The molecular weight excluding hydrogens is 198 g/mol. The van der Waals surface area contributed by atoms with Crippen LogP contribution in [0.2, 0.25) is 0 Å². The van der Waals surface area contributed by atoms with Crippen LogP contribution in [0.5, 0.6) is 0 Å². The molecule has 0 bridgehead atoms. The minimum atomic E-state index is 0.749. The van der Waals surface area contributed by atoms with Crippen LogP contribution in [0.3, 0.4) is 0 Å². The molecule has 0 aromatic heterocycles. The van der Waals surface area contributed by atoms with E-state index in [1.165, 1.54) is 37.3 Å². The monoisotopic (exact) mass is 219 g/mol. The van der Waals surface area contributed by atoms with Gasteiger partial charge in [-0.05, 0) is 37.9 Å². The maximum Gasteiger partial charge on any atom is 0.0602 e. The highest BCUT2D eigenvalue weighted by Crippen LogP contribution is 2.28. The molecule has 0 radical (unpaired) electrons. The Labute approximate surface area is 97.6 Å². The van der Waals surface area contributed by atoms with Gasteiger partial charge in [0.15, 0.2) is 0 Å². The van der Waals surface area contributed by atoms with Gasteiger partial charge in [0.1, 0.15) is 0 Å². The van der Waals surface area contributed by atoms with Crippen LogP contribution in [0.15, 0.2) is 24.3 Å². The summed E-state index contributed by atoms with van der Waals surface area (Å²) in [5.41, 5.74) is 8.09. The second kappa shape index (κ2) is 5.75. The fourth-order valence-electron chi connectivity index (χ4n) is 2.18. The van der Waals surface area contributed by atoms with Crippen LogP contribution in [0.4, 0.5) is 11.4 Å². The Balaban J connectivity index is 2.04. The van der Waals surface area contributed by atoms with Crippen molar-refractivity contribution in [2.75, 3.05) is 36.4 Å². The van der Waals surface area contributed by atoms with E-state index in [1.54, 1.807) is 0 Å². The van der Waals surface area contributed by atoms with Gasteiger partial charge in [-0.15, -0.1) is 0 Å². The quantitative estimate of drug-likeness (QED) is 0.745. The molecule has 1 heterocycles. The summed E-state index contributed by atoms with van der Waals surface area (Å²) in [6, 6.07) is 8.56. The lowest BCUT2D eigenvalue weighted by atomic mass is 10.2. The third-order valence-corrected chi connectivity index (χ3v) is 3.05. The van der Waals surface area contributed by atoms with Crippen LogP contribution in [0.25, 0.3) is 0 Å². The molecule has 0 atom stereocenters. The number of anilines is 2. The second-order valence-electron chi connectivity index (χ2n) is 4.28. The zero-order valence-corrected chi connectivity index (χ0v) is 9.78. The molecule has 0 amide bonds. The average Bonchev–Trinajstić information content (AvgIpc) is 2.83. The van der Waals surface area contributed by atoms with Crippen LogP contribution in [-0.4, -0.2) is 26.2 Å². The first-order chi connectivity index (χ1) is 7.92. The number of nitrogens with two attached hydrogens (primary N) is 1. The highest BCUT2D eigenvalue weighted by Gasteiger charge is 2.14. The maximum absolute atomic E-state index is 5.50. The minimum Gasteiger partial charge on any atom is -0.383 e. The Morgan fingerprint density at radius 1 is 1.19 bits per heavy atom. The third kappa shape index (κ3) is 2.67. The zero-order chi connectivity index (χ0) is 11.2.